The summed E-state index contributed by atoms with van der Waals surface area (Å²) in [6, 6.07) is 69.1. The van der Waals surface area contributed by atoms with E-state index >= 15 is 0 Å². The van der Waals surface area contributed by atoms with Crippen LogP contribution in [0.25, 0.3) is 95.0 Å². The molecule has 0 aliphatic heterocycles. The summed E-state index contributed by atoms with van der Waals surface area (Å²) in [5.74, 6) is 0. The first-order valence-electron chi connectivity index (χ1n) is 19.3. The molecule has 0 spiro atoms. The van der Waals surface area contributed by atoms with Gasteiger partial charge in [-0.1, -0.05) is 121 Å². The number of fused-ring (bicyclic) bond motifs is 11. The number of pyridine rings is 1. The Hall–Kier alpha value is -6.85. The smallest absolute Gasteiger partial charge is 0.0702 e. The van der Waals surface area contributed by atoms with Gasteiger partial charge in [0.1, 0.15) is 0 Å². The highest BCUT2D eigenvalue weighted by Gasteiger charge is 2.18. The topological polar surface area (TPSA) is 16.1 Å². The molecule has 0 fully saturated rings. The summed E-state index contributed by atoms with van der Waals surface area (Å²) in [7, 11) is 0. The fourth-order valence-electron chi connectivity index (χ4n) is 8.71. The number of aromatic nitrogens is 1. The molecule has 0 N–H and O–H groups in total. The summed E-state index contributed by atoms with van der Waals surface area (Å²) in [4.78, 5) is 6.91. The molecule has 0 radical (unpaired) electrons. The maximum Gasteiger partial charge on any atom is 0.0702 e. The zero-order valence-corrected chi connectivity index (χ0v) is 32.3. The van der Waals surface area contributed by atoms with E-state index in [1.165, 1.54) is 84.1 Å². The first kappa shape index (κ1) is 32.4. The van der Waals surface area contributed by atoms with Crippen LogP contribution in [-0.2, 0) is 0 Å². The van der Waals surface area contributed by atoms with Gasteiger partial charge in [-0.05, 0) is 111 Å². The molecule has 0 saturated heterocycles. The Morgan fingerprint density at radius 2 is 0.825 bits per heavy atom. The number of nitrogens with zero attached hydrogens (tertiary/aromatic N) is 2. The molecule has 4 heteroatoms. The van der Waals surface area contributed by atoms with Gasteiger partial charge >= 0.3 is 0 Å². The van der Waals surface area contributed by atoms with E-state index < -0.39 is 0 Å². The molecule has 0 unspecified atom stereocenters. The van der Waals surface area contributed by atoms with Crippen LogP contribution >= 0.6 is 22.7 Å². The molecule has 12 aromatic rings. The number of hydrogen-bond acceptors (Lipinski definition) is 4. The third-order valence-corrected chi connectivity index (χ3v) is 13.7. The largest absolute Gasteiger partial charge is 0.310 e. The zero-order chi connectivity index (χ0) is 37.5. The van der Waals surface area contributed by atoms with Crippen molar-refractivity contribution in [2.45, 2.75) is 0 Å². The second kappa shape index (κ2) is 12.9. The van der Waals surface area contributed by atoms with E-state index in [0.717, 1.165) is 28.0 Å². The second-order valence-corrected chi connectivity index (χ2v) is 16.9. The van der Waals surface area contributed by atoms with Gasteiger partial charge in [0, 0.05) is 69.0 Å². The summed E-state index contributed by atoms with van der Waals surface area (Å²) < 4.78 is 5.22. The third kappa shape index (κ3) is 5.33. The van der Waals surface area contributed by atoms with Crippen molar-refractivity contribution in [3.05, 3.63) is 194 Å². The average Bonchev–Trinajstić information content (AvgIpc) is 3.85. The first-order valence-corrected chi connectivity index (χ1v) is 20.9. The standard InChI is InChI=1S/C53H32N2S2/c1-3-9-43-36(6-1)18-27-48-52(43)45-24-22-41(31-50(45)56-48)55(42-23-25-46-51(32-42)57-49-28-19-37-7-2-4-10-44(37)53(46)49)40-20-15-34(16-21-40)33-11-13-35(14-12-33)38-17-26-47-39(30-38)8-5-29-54-47/h1-32H. The predicted molar refractivity (Wildman–Crippen MR) is 248 cm³/mol. The van der Waals surface area contributed by atoms with E-state index in [0.29, 0.717) is 0 Å². The molecule has 12 rings (SSSR count). The molecule has 266 valence electrons. The lowest BCUT2D eigenvalue weighted by molar-refractivity contribution is 1.30. The number of benzene rings is 9. The van der Waals surface area contributed by atoms with Crippen molar-refractivity contribution in [2.75, 3.05) is 4.90 Å². The fourth-order valence-corrected chi connectivity index (χ4v) is 11.0. The van der Waals surface area contributed by atoms with Gasteiger partial charge in [-0.3, -0.25) is 4.98 Å². The van der Waals surface area contributed by atoms with Crippen molar-refractivity contribution in [2.24, 2.45) is 0 Å². The maximum absolute atomic E-state index is 4.49. The Kier molecular flexibility index (Phi) is 7.31. The highest BCUT2D eigenvalue weighted by atomic mass is 32.1. The van der Waals surface area contributed by atoms with Crippen molar-refractivity contribution in [1.82, 2.24) is 4.98 Å². The molecule has 57 heavy (non-hydrogen) atoms. The summed E-state index contributed by atoms with van der Waals surface area (Å²) in [5.41, 5.74) is 9.20. The highest BCUT2D eigenvalue weighted by Crippen LogP contribution is 2.45. The van der Waals surface area contributed by atoms with Crippen LogP contribution < -0.4 is 4.90 Å². The fraction of sp³-hybridized carbons (Fsp3) is 0. The molecule has 0 bridgehead atoms. The van der Waals surface area contributed by atoms with Gasteiger partial charge < -0.3 is 4.90 Å². The van der Waals surface area contributed by atoms with Gasteiger partial charge in [0.15, 0.2) is 0 Å². The predicted octanol–water partition coefficient (Wildman–Crippen LogP) is 16.1. The molecule has 3 aromatic heterocycles. The van der Waals surface area contributed by atoms with Crippen LogP contribution in [0.2, 0.25) is 0 Å². The van der Waals surface area contributed by atoms with Gasteiger partial charge in [-0.15, -0.1) is 22.7 Å². The van der Waals surface area contributed by atoms with Crippen LogP contribution in [0.3, 0.4) is 0 Å². The molecule has 2 nitrogen and oxygen atoms in total. The number of rotatable bonds is 5. The number of thiophene rings is 2. The maximum atomic E-state index is 4.49. The van der Waals surface area contributed by atoms with Crippen molar-refractivity contribution in [3.8, 4) is 22.3 Å². The molecule has 0 atom stereocenters. The van der Waals surface area contributed by atoms with Gasteiger partial charge in [-0.25, -0.2) is 0 Å². The summed E-state index contributed by atoms with van der Waals surface area (Å²) >= 11 is 3.75. The van der Waals surface area contributed by atoms with E-state index in [9.17, 15) is 0 Å². The lowest BCUT2D eigenvalue weighted by atomic mass is 9.99. The Bertz CT molecular complexity index is 3370. The van der Waals surface area contributed by atoms with E-state index in [4.69, 9.17) is 0 Å². The Morgan fingerprint density at radius 1 is 0.333 bits per heavy atom. The van der Waals surface area contributed by atoms with Crippen molar-refractivity contribution in [3.63, 3.8) is 0 Å². The van der Waals surface area contributed by atoms with Crippen molar-refractivity contribution < 1.29 is 0 Å². The molecule has 0 aliphatic carbocycles. The van der Waals surface area contributed by atoms with Crippen molar-refractivity contribution >= 4 is 113 Å². The molecule has 3 heterocycles. The second-order valence-electron chi connectivity index (χ2n) is 14.8. The zero-order valence-electron chi connectivity index (χ0n) is 30.7. The van der Waals surface area contributed by atoms with E-state index in [1.54, 1.807) is 0 Å². The SMILES string of the molecule is c1cnc2ccc(-c3ccc(-c4ccc(N(c5ccc6c(c5)sc5ccc7ccccc7c56)c5ccc6c(c5)sc5ccc7ccccc7c56)cc4)cc3)cc2c1. The summed E-state index contributed by atoms with van der Waals surface area (Å²) in [6.45, 7) is 0. The minimum absolute atomic E-state index is 1.02. The third-order valence-electron chi connectivity index (χ3n) is 11.5. The molecule has 0 amide bonds. The van der Waals surface area contributed by atoms with Gasteiger partial charge in [0.25, 0.3) is 0 Å². The van der Waals surface area contributed by atoms with Gasteiger partial charge in [0.2, 0.25) is 0 Å². The van der Waals surface area contributed by atoms with Crippen LogP contribution in [0, 0.1) is 0 Å². The van der Waals surface area contributed by atoms with Crippen LogP contribution in [0.5, 0.6) is 0 Å². The molecule has 0 aliphatic rings. The quantitative estimate of drug-likeness (QED) is 0.174. The Labute approximate surface area is 337 Å². The number of hydrogen-bond donors (Lipinski definition) is 0. The van der Waals surface area contributed by atoms with E-state index in [-0.39, 0.29) is 0 Å². The number of anilines is 3. The monoisotopic (exact) mass is 760 g/mol. The minimum atomic E-state index is 1.02. The molecule has 0 saturated carbocycles. The summed E-state index contributed by atoms with van der Waals surface area (Å²) in [6.07, 6.45) is 1.85. The van der Waals surface area contributed by atoms with Crippen LogP contribution in [-0.4, -0.2) is 4.98 Å². The summed E-state index contributed by atoms with van der Waals surface area (Å²) in [5, 5.41) is 11.6. The Balaban J connectivity index is 0.968. The van der Waals surface area contributed by atoms with Crippen LogP contribution in [0.15, 0.2) is 194 Å². The van der Waals surface area contributed by atoms with E-state index in [1.807, 2.05) is 34.9 Å². The molecular formula is C53H32N2S2. The van der Waals surface area contributed by atoms with E-state index in [2.05, 4.69) is 192 Å². The van der Waals surface area contributed by atoms with Crippen molar-refractivity contribution in [1.29, 1.82) is 0 Å². The van der Waals surface area contributed by atoms with Gasteiger partial charge in [-0.2, -0.15) is 0 Å². The van der Waals surface area contributed by atoms with Crippen LogP contribution in [0.4, 0.5) is 17.1 Å². The van der Waals surface area contributed by atoms with Gasteiger partial charge in [0.05, 0.1) is 5.52 Å². The highest BCUT2D eigenvalue weighted by molar-refractivity contribution is 7.26. The lowest BCUT2D eigenvalue weighted by Gasteiger charge is -2.26. The molecular weight excluding hydrogens is 729 g/mol. The molecule has 9 aromatic carbocycles. The minimum Gasteiger partial charge on any atom is -0.310 e. The Morgan fingerprint density at radius 3 is 1.42 bits per heavy atom. The first-order chi connectivity index (χ1) is 28.2. The van der Waals surface area contributed by atoms with Crippen LogP contribution in [0.1, 0.15) is 0 Å². The lowest BCUT2D eigenvalue weighted by Crippen LogP contribution is -2.09. The normalized spacial score (nSPS) is 11.9. The average molecular weight is 761 g/mol.